The number of nitrogens with zero attached hydrogens (tertiary/aromatic N) is 3. The average molecular weight is 344 g/mol. The zero-order valence-corrected chi connectivity index (χ0v) is 13.9. The van der Waals surface area contributed by atoms with Crippen molar-refractivity contribution in [2.75, 3.05) is 20.3 Å². The summed E-state index contributed by atoms with van der Waals surface area (Å²) >= 11 is 3.54. The van der Waals surface area contributed by atoms with Crippen molar-refractivity contribution in [3.63, 3.8) is 0 Å². The largest absolute Gasteiger partial charge is 0.385 e. The van der Waals surface area contributed by atoms with E-state index in [2.05, 4.69) is 32.6 Å². The van der Waals surface area contributed by atoms with Crippen molar-refractivity contribution < 1.29 is 9.53 Å². The minimum Gasteiger partial charge on any atom is -0.385 e. The van der Waals surface area contributed by atoms with Crippen LogP contribution in [-0.4, -0.2) is 40.8 Å². The summed E-state index contributed by atoms with van der Waals surface area (Å²) in [6.07, 6.45) is 2.86. The highest BCUT2D eigenvalue weighted by Crippen LogP contribution is 2.30. The topological polar surface area (TPSA) is 47.4 Å². The maximum absolute atomic E-state index is 11.5. The lowest BCUT2D eigenvalue weighted by atomic mass is 10.1. The lowest BCUT2D eigenvalue weighted by molar-refractivity contribution is -0.129. The van der Waals surface area contributed by atoms with Crippen molar-refractivity contribution in [3.8, 4) is 0 Å². The smallest absolute Gasteiger partial charge is 0.219 e. The predicted octanol–water partition coefficient (Wildman–Crippen LogP) is 2.54. The maximum Gasteiger partial charge on any atom is 0.219 e. The van der Waals surface area contributed by atoms with Gasteiger partial charge in [0, 0.05) is 44.9 Å². The SMILES string of the molecule is CCC(CCOC)n1nc(Br)c2c1CCN(C(C)=O)C2. The Morgan fingerprint density at radius 3 is 2.90 bits per heavy atom. The zero-order valence-electron chi connectivity index (χ0n) is 12.4. The van der Waals surface area contributed by atoms with E-state index in [0.717, 1.165) is 42.6 Å². The molecule has 1 aromatic heterocycles. The van der Waals surface area contributed by atoms with Crippen molar-refractivity contribution in [3.05, 3.63) is 15.9 Å². The molecule has 112 valence electrons. The van der Waals surface area contributed by atoms with E-state index in [1.54, 1.807) is 14.0 Å². The first kappa shape index (κ1) is 15.5. The molecule has 0 radical (unpaired) electrons. The van der Waals surface area contributed by atoms with Gasteiger partial charge >= 0.3 is 0 Å². The number of carbonyl (C=O) groups is 1. The number of fused-ring (bicyclic) bond motifs is 1. The molecule has 1 atom stereocenters. The third-order valence-electron chi connectivity index (χ3n) is 3.95. The molecule has 1 aliphatic heterocycles. The van der Waals surface area contributed by atoms with Crippen molar-refractivity contribution in [1.29, 1.82) is 0 Å². The number of amides is 1. The highest BCUT2D eigenvalue weighted by atomic mass is 79.9. The molecule has 1 amide bonds. The van der Waals surface area contributed by atoms with Crippen LogP contribution in [-0.2, 0) is 22.5 Å². The van der Waals surface area contributed by atoms with Crippen LogP contribution >= 0.6 is 15.9 Å². The van der Waals surface area contributed by atoms with E-state index in [-0.39, 0.29) is 5.91 Å². The quantitative estimate of drug-likeness (QED) is 0.825. The number of halogens is 1. The van der Waals surface area contributed by atoms with Crippen LogP contribution in [0.5, 0.6) is 0 Å². The summed E-state index contributed by atoms with van der Waals surface area (Å²) in [5.74, 6) is 0.127. The second-order valence-corrected chi connectivity index (χ2v) is 5.95. The molecule has 1 unspecified atom stereocenters. The standard InChI is InChI=1S/C14H22BrN3O2/c1-4-11(6-8-20-3)18-13-5-7-17(10(2)19)9-12(13)14(15)16-18/h11H,4-9H2,1-3H3. The Kier molecular flexibility index (Phi) is 5.21. The Labute approximate surface area is 128 Å². The number of methoxy groups -OCH3 is 1. The third kappa shape index (κ3) is 3.06. The highest BCUT2D eigenvalue weighted by Gasteiger charge is 2.27. The first-order chi connectivity index (χ1) is 9.58. The predicted molar refractivity (Wildman–Crippen MR) is 80.5 cm³/mol. The minimum absolute atomic E-state index is 0.127. The Morgan fingerprint density at radius 1 is 1.55 bits per heavy atom. The molecule has 0 bridgehead atoms. The first-order valence-corrected chi connectivity index (χ1v) is 7.88. The van der Waals surface area contributed by atoms with Crippen molar-refractivity contribution in [2.45, 2.75) is 45.7 Å². The van der Waals surface area contributed by atoms with Crippen LogP contribution in [0.4, 0.5) is 0 Å². The molecule has 0 aliphatic carbocycles. The normalized spacial score (nSPS) is 16.1. The van der Waals surface area contributed by atoms with Gasteiger partial charge in [-0.2, -0.15) is 5.10 Å². The first-order valence-electron chi connectivity index (χ1n) is 7.08. The number of aromatic nitrogens is 2. The molecular formula is C14H22BrN3O2. The van der Waals surface area contributed by atoms with Gasteiger partial charge in [0.1, 0.15) is 4.60 Å². The van der Waals surface area contributed by atoms with Gasteiger partial charge in [-0.05, 0) is 28.8 Å². The van der Waals surface area contributed by atoms with E-state index in [0.29, 0.717) is 12.6 Å². The monoisotopic (exact) mass is 343 g/mol. The molecule has 1 aromatic rings. The van der Waals surface area contributed by atoms with Gasteiger partial charge in [0.05, 0.1) is 12.6 Å². The van der Waals surface area contributed by atoms with E-state index in [1.807, 2.05) is 4.90 Å². The fourth-order valence-electron chi connectivity index (χ4n) is 2.73. The number of carbonyl (C=O) groups excluding carboxylic acids is 1. The summed E-state index contributed by atoms with van der Waals surface area (Å²) < 4.78 is 8.19. The van der Waals surface area contributed by atoms with Gasteiger partial charge in [-0.1, -0.05) is 6.92 Å². The molecule has 0 saturated carbocycles. The molecule has 1 aliphatic rings. The van der Waals surface area contributed by atoms with Crippen molar-refractivity contribution in [2.24, 2.45) is 0 Å². The van der Waals surface area contributed by atoms with Crippen LogP contribution in [0.1, 0.15) is 44.0 Å². The fourth-order valence-corrected chi connectivity index (χ4v) is 3.25. The summed E-state index contributed by atoms with van der Waals surface area (Å²) in [7, 11) is 1.73. The van der Waals surface area contributed by atoms with E-state index in [4.69, 9.17) is 4.74 Å². The maximum atomic E-state index is 11.5. The Morgan fingerprint density at radius 2 is 2.30 bits per heavy atom. The lowest BCUT2D eigenvalue weighted by Gasteiger charge is -2.28. The van der Waals surface area contributed by atoms with Crippen LogP contribution in [0.2, 0.25) is 0 Å². The van der Waals surface area contributed by atoms with Crippen LogP contribution in [0, 0.1) is 0 Å². The van der Waals surface area contributed by atoms with Gasteiger partial charge in [-0.25, -0.2) is 0 Å². The van der Waals surface area contributed by atoms with Crippen molar-refractivity contribution >= 4 is 21.8 Å². The zero-order chi connectivity index (χ0) is 14.7. The van der Waals surface area contributed by atoms with E-state index < -0.39 is 0 Å². The Balaban J connectivity index is 2.25. The van der Waals surface area contributed by atoms with E-state index >= 15 is 0 Å². The van der Waals surface area contributed by atoms with Crippen LogP contribution in [0.25, 0.3) is 0 Å². The number of rotatable bonds is 5. The molecule has 0 saturated heterocycles. The molecule has 20 heavy (non-hydrogen) atoms. The molecule has 0 N–H and O–H groups in total. The van der Waals surface area contributed by atoms with Gasteiger partial charge in [0.25, 0.3) is 0 Å². The molecule has 0 aromatic carbocycles. The average Bonchev–Trinajstić information content (AvgIpc) is 2.77. The second kappa shape index (κ2) is 6.72. The summed E-state index contributed by atoms with van der Waals surface area (Å²) in [6.45, 7) is 5.97. The van der Waals surface area contributed by atoms with Gasteiger partial charge in [-0.15, -0.1) is 0 Å². The summed E-state index contributed by atoms with van der Waals surface area (Å²) in [4.78, 5) is 13.4. The minimum atomic E-state index is 0.127. The number of ether oxygens (including phenoxy) is 1. The van der Waals surface area contributed by atoms with Gasteiger partial charge in [-0.3, -0.25) is 9.48 Å². The summed E-state index contributed by atoms with van der Waals surface area (Å²) in [5.41, 5.74) is 2.42. The van der Waals surface area contributed by atoms with E-state index in [9.17, 15) is 4.79 Å². The molecule has 2 heterocycles. The van der Waals surface area contributed by atoms with Crippen LogP contribution in [0.3, 0.4) is 0 Å². The number of hydrogen-bond acceptors (Lipinski definition) is 3. The lowest BCUT2D eigenvalue weighted by Crippen LogP contribution is -2.35. The van der Waals surface area contributed by atoms with Crippen molar-refractivity contribution in [1.82, 2.24) is 14.7 Å². The molecular weight excluding hydrogens is 322 g/mol. The number of hydrogen-bond donors (Lipinski definition) is 0. The van der Waals surface area contributed by atoms with Gasteiger partial charge < -0.3 is 9.64 Å². The van der Waals surface area contributed by atoms with Gasteiger partial charge in [0.15, 0.2) is 0 Å². The highest BCUT2D eigenvalue weighted by molar-refractivity contribution is 9.10. The summed E-state index contributed by atoms with van der Waals surface area (Å²) in [6, 6.07) is 0.360. The van der Waals surface area contributed by atoms with Crippen LogP contribution in [0.15, 0.2) is 4.60 Å². The second-order valence-electron chi connectivity index (χ2n) is 5.19. The van der Waals surface area contributed by atoms with E-state index in [1.165, 1.54) is 5.69 Å². The molecule has 2 rings (SSSR count). The Bertz CT molecular complexity index is 487. The molecule has 5 nitrogen and oxygen atoms in total. The molecule has 0 fully saturated rings. The molecule has 6 heteroatoms. The third-order valence-corrected chi connectivity index (χ3v) is 4.59. The molecule has 0 spiro atoms. The van der Waals surface area contributed by atoms with Crippen LogP contribution < -0.4 is 0 Å². The fraction of sp³-hybridized carbons (Fsp3) is 0.714. The summed E-state index contributed by atoms with van der Waals surface area (Å²) in [5, 5.41) is 4.65. The van der Waals surface area contributed by atoms with Gasteiger partial charge in [0.2, 0.25) is 5.91 Å². The Hall–Kier alpha value is -0.880.